The summed E-state index contributed by atoms with van der Waals surface area (Å²) in [6, 6.07) is 3.42. The average molecular weight is 180 g/mol. The van der Waals surface area contributed by atoms with Crippen LogP contribution in [-0.4, -0.2) is 17.4 Å². The molecule has 1 heterocycles. The number of hydrogen-bond acceptors (Lipinski definition) is 3. The molecule has 1 aromatic rings. The molecule has 1 rings (SSSR count). The van der Waals surface area contributed by atoms with Crippen LogP contribution in [0.5, 0.6) is 0 Å². The summed E-state index contributed by atoms with van der Waals surface area (Å²) in [5.41, 5.74) is 1.59. The highest BCUT2D eigenvalue weighted by Crippen LogP contribution is 2.03. The van der Waals surface area contributed by atoms with Crippen molar-refractivity contribution in [2.45, 2.75) is 13.3 Å². The Morgan fingerprint density at radius 1 is 1.69 bits per heavy atom. The Balaban J connectivity index is 2.89. The summed E-state index contributed by atoms with van der Waals surface area (Å²) in [6.07, 6.45) is 1.76. The summed E-state index contributed by atoms with van der Waals surface area (Å²) in [7, 11) is 0. The standard InChI is InChI=1S/C9H12N2O2/c1-7-8(5-9(10)6-12)3-2-4-11(7)13/h2-4,10,12H,5-6H2,1H3. The van der Waals surface area contributed by atoms with E-state index in [1.807, 2.05) is 0 Å². The molecular weight excluding hydrogens is 168 g/mol. The Bertz CT molecular complexity index is 323. The summed E-state index contributed by atoms with van der Waals surface area (Å²) in [5, 5.41) is 27.0. The Hall–Kier alpha value is -1.42. The maximum atomic E-state index is 11.1. The van der Waals surface area contributed by atoms with Gasteiger partial charge in [-0.25, -0.2) is 0 Å². The number of nitrogens with one attached hydrogen (secondary N) is 1. The minimum Gasteiger partial charge on any atom is -0.619 e. The summed E-state index contributed by atoms with van der Waals surface area (Å²) in [6.45, 7) is 1.44. The maximum absolute atomic E-state index is 11.1. The van der Waals surface area contributed by atoms with E-state index in [4.69, 9.17) is 10.5 Å². The second kappa shape index (κ2) is 4.00. The van der Waals surface area contributed by atoms with Crippen molar-refractivity contribution < 1.29 is 9.84 Å². The molecule has 0 saturated carbocycles. The van der Waals surface area contributed by atoms with Crippen LogP contribution in [0.15, 0.2) is 18.3 Å². The fraction of sp³-hybridized carbons (Fsp3) is 0.333. The first kappa shape index (κ1) is 9.67. The number of nitrogens with zero attached hydrogens (tertiary/aromatic N) is 1. The van der Waals surface area contributed by atoms with E-state index >= 15 is 0 Å². The van der Waals surface area contributed by atoms with E-state index in [-0.39, 0.29) is 12.3 Å². The van der Waals surface area contributed by atoms with Crippen LogP contribution in [0.4, 0.5) is 0 Å². The number of aliphatic hydroxyl groups excluding tert-OH is 1. The highest BCUT2D eigenvalue weighted by Gasteiger charge is 2.07. The third-order valence-electron chi connectivity index (χ3n) is 1.91. The van der Waals surface area contributed by atoms with Gasteiger partial charge in [-0.05, 0) is 6.07 Å². The lowest BCUT2D eigenvalue weighted by Crippen LogP contribution is -2.31. The van der Waals surface area contributed by atoms with Crippen LogP contribution < -0.4 is 4.73 Å². The normalized spacial score (nSPS) is 10.0. The highest BCUT2D eigenvalue weighted by atomic mass is 16.5. The van der Waals surface area contributed by atoms with Gasteiger partial charge in [0.1, 0.15) is 0 Å². The van der Waals surface area contributed by atoms with Crippen molar-refractivity contribution in [3.8, 4) is 0 Å². The zero-order valence-corrected chi connectivity index (χ0v) is 7.45. The van der Waals surface area contributed by atoms with Crippen molar-refractivity contribution in [3.63, 3.8) is 0 Å². The smallest absolute Gasteiger partial charge is 0.193 e. The van der Waals surface area contributed by atoms with Crippen molar-refractivity contribution in [2.75, 3.05) is 6.61 Å². The van der Waals surface area contributed by atoms with Gasteiger partial charge in [0.05, 0.1) is 6.61 Å². The van der Waals surface area contributed by atoms with Gasteiger partial charge in [-0.15, -0.1) is 0 Å². The second-order valence-corrected chi connectivity index (χ2v) is 2.88. The van der Waals surface area contributed by atoms with Crippen LogP contribution in [0.3, 0.4) is 0 Å². The molecule has 0 aliphatic heterocycles. The van der Waals surface area contributed by atoms with Gasteiger partial charge in [0, 0.05) is 30.7 Å². The molecule has 13 heavy (non-hydrogen) atoms. The number of hydrogen-bond donors (Lipinski definition) is 2. The van der Waals surface area contributed by atoms with E-state index < -0.39 is 0 Å². The molecule has 0 unspecified atom stereocenters. The number of aliphatic hydroxyl groups is 1. The van der Waals surface area contributed by atoms with Crippen LogP contribution >= 0.6 is 0 Å². The van der Waals surface area contributed by atoms with Crippen molar-refractivity contribution in [1.29, 1.82) is 5.41 Å². The SMILES string of the molecule is Cc1c(CC(=N)CO)ccc[n+]1[O-]. The molecule has 0 aromatic carbocycles. The first-order valence-electron chi connectivity index (χ1n) is 4.00. The summed E-state index contributed by atoms with van der Waals surface area (Å²) in [5.74, 6) is 0. The zero-order valence-electron chi connectivity index (χ0n) is 7.45. The average Bonchev–Trinajstić information content (AvgIpc) is 2.13. The fourth-order valence-electron chi connectivity index (χ4n) is 1.08. The van der Waals surface area contributed by atoms with Gasteiger partial charge in [-0.2, -0.15) is 4.73 Å². The molecule has 0 amide bonds. The summed E-state index contributed by atoms with van der Waals surface area (Å²) in [4.78, 5) is 0. The van der Waals surface area contributed by atoms with Crippen molar-refractivity contribution in [3.05, 3.63) is 34.8 Å². The van der Waals surface area contributed by atoms with Gasteiger partial charge < -0.3 is 15.7 Å². The Labute approximate surface area is 76.5 Å². The first-order chi connectivity index (χ1) is 6.15. The zero-order chi connectivity index (χ0) is 9.84. The van der Waals surface area contributed by atoms with Crippen LogP contribution in [0.25, 0.3) is 0 Å². The van der Waals surface area contributed by atoms with E-state index in [9.17, 15) is 5.21 Å². The van der Waals surface area contributed by atoms with Crippen LogP contribution in [0, 0.1) is 17.5 Å². The minimum absolute atomic E-state index is 0.217. The summed E-state index contributed by atoms with van der Waals surface area (Å²) < 4.78 is 0.764. The molecule has 70 valence electrons. The molecule has 0 saturated heterocycles. The largest absolute Gasteiger partial charge is 0.619 e. The van der Waals surface area contributed by atoms with Gasteiger partial charge in [-0.3, -0.25) is 0 Å². The highest BCUT2D eigenvalue weighted by molar-refractivity contribution is 5.84. The second-order valence-electron chi connectivity index (χ2n) is 2.88. The molecule has 0 fully saturated rings. The van der Waals surface area contributed by atoms with Crippen molar-refractivity contribution in [2.24, 2.45) is 0 Å². The van der Waals surface area contributed by atoms with E-state index in [1.54, 1.807) is 19.1 Å². The first-order valence-corrected chi connectivity index (χ1v) is 4.00. The third kappa shape index (κ3) is 2.26. The van der Waals surface area contributed by atoms with Gasteiger partial charge in [0.2, 0.25) is 0 Å². The fourth-order valence-corrected chi connectivity index (χ4v) is 1.08. The Kier molecular flexibility index (Phi) is 2.97. The maximum Gasteiger partial charge on any atom is 0.193 e. The minimum atomic E-state index is -0.257. The molecule has 0 atom stereocenters. The number of pyridine rings is 1. The van der Waals surface area contributed by atoms with Crippen LogP contribution in [0.1, 0.15) is 11.3 Å². The lowest BCUT2D eigenvalue weighted by molar-refractivity contribution is -0.612. The molecular formula is C9H12N2O2. The predicted molar refractivity (Wildman–Crippen MR) is 48.7 cm³/mol. The molecule has 2 N–H and O–H groups in total. The molecule has 0 spiro atoms. The molecule has 1 aromatic heterocycles. The molecule has 0 aliphatic carbocycles. The lowest BCUT2D eigenvalue weighted by Gasteiger charge is -2.05. The topological polar surface area (TPSA) is 71.0 Å². The number of aromatic nitrogens is 1. The van der Waals surface area contributed by atoms with Crippen LogP contribution in [-0.2, 0) is 6.42 Å². The molecule has 0 bridgehead atoms. The quantitative estimate of drug-likeness (QED) is 0.396. The summed E-state index contributed by atoms with van der Waals surface area (Å²) >= 11 is 0. The van der Waals surface area contributed by atoms with Gasteiger partial charge >= 0.3 is 0 Å². The van der Waals surface area contributed by atoms with Crippen molar-refractivity contribution >= 4 is 5.71 Å². The third-order valence-corrected chi connectivity index (χ3v) is 1.91. The molecule has 0 aliphatic rings. The molecule has 4 heteroatoms. The predicted octanol–water partition coefficient (Wildman–Crippen LogP) is 0.183. The van der Waals surface area contributed by atoms with Gasteiger partial charge in [-0.1, -0.05) is 0 Å². The number of rotatable bonds is 3. The van der Waals surface area contributed by atoms with E-state index in [2.05, 4.69) is 0 Å². The van der Waals surface area contributed by atoms with Gasteiger partial charge in [0.15, 0.2) is 11.9 Å². The van der Waals surface area contributed by atoms with E-state index in [0.29, 0.717) is 12.1 Å². The van der Waals surface area contributed by atoms with E-state index in [0.717, 1.165) is 10.3 Å². The van der Waals surface area contributed by atoms with Crippen molar-refractivity contribution in [1.82, 2.24) is 0 Å². The lowest BCUT2D eigenvalue weighted by atomic mass is 10.1. The van der Waals surface area contributed by atoms with E-state index in [1.165, 1.54) is 6.20 Å². The monoisotopic (exact) mass is 180 g/mol. The molecule has 4 nitrogen and oxygen atoms in total. The molecule has 0 radical (unpaired) electrons. The van der Waals surface area contributed by atoms with Crippen LogP contribution in [0.2, 0.25) is 0 Å². The Morgan fingerprint density at radius 2 is 2.38 bits per heavy atom. The van der Waals surface area contributed by atoms with Gasteiger partial charge in [0.25, 0.3) is 0 Å². The Morgan fingerprint density at radius 3 is 3.00 bits per heavy atom.